The average molecular weight is 274 g/mol. The van der Waals surface area contributed by atoms with Crippen LogP contribution in [0.5, 0.6) is 0 Å². The van der Waals surface area contributed by atoms with Crippen LogP contribution in [-0.4, -0.2) is 26.0 Å². The van der Waals surface area contributed by atoms with Gasteiger partial charge in [0.2, 0.25) is 0 Å². The molecule has 90 valence electrons. The molecule has 0 saturated heterocycles. The monoisotopic (exact) mass is 273 g/mol. The minimum Gasteiger partial charge on any atom is -0.386 e. The first kappa shape index (κ1) is 11.9. The van der Waals surface area contributed by atoms with Crippen LogP contribution in [0.3, 0.4) is 0 Å². The first-order chi connectivity index (χ1) is 7.94. The number of carbonyl (C=O) groups excluding carboxylic acids is 1. The van der Waals surface area contributed by atoms with Gasteiger partial charge in [-0.1, -0.05) is 0 Å². The van der Waals surface area contributed by atoms with Gasteiger partial charge in [0.1, 0.15) is 10.7 Å². The van der Waals surface area contributed by atoms with Crippen LogP contribution < -0.4 is 10.5 Å². The maximum absolute atomic E-state index is 11.4. The summed E-state index contributed by atoms with van der Waals surface area (Å²) in [6, 6.07) is 4.12. The highest BCUT2D eigenvalue weighted by Gasteiger charge is 2.32. The summed E-state index contributed by atoms with van der Waals surface area (Å²) in [5.41, 5.74) is 5.88. The van der Waals surface area contributed by atoms with Crippen molar-refractivity contribution >= 4 is 39.1 Å². The predicted molar refractivity (Wildman–Crippen MR) is 63.1 cm³/mol. The van der Waals surface area contributed by atoms with E-state index in [4.69, 9.17) is 17.3 Å². The number of nitrogens with one attached hydrogen (secondary N) is 1. The molecule has 8 heteroatoms. The largest absolute Gasteiger partial charge is 0.386 e. The third-order valence-corrected chi connectivity index (χ3v) is 3.80. The maximum atomic E-state index is 11.4. The van der Waals surface area contributed by atoms with Gasteiger partial charge in [0.15, 0.2) is 0 Å². The molecule has 0 unspecified atom stereocenters. The number of hydrogen-bond donors (Lipinski definition) is 2. The van der Waals surface area contributed by atoms with Crippen LogP contribution in [0.4, 0.5) is 5.69 Å². The second kappa shape index (κ2) is 4.01. The normalized spacial score (nSPS) is 17.7. The topological polar surface area (TPSA) is 102 Å². The Hall–Kier alpha value is -1.60. The molecule has 0 fully saturated rings. The molecule has 0 aromatic heterocycles. The molecule has 0 radical (unpaired) electrons. The third-order valence-electron chi connectivity index (χ3n) is 2.13. The Morgan fingerprint density at radius 2 is 2.18 bits per heavy atom. The van der Waals surface area contributed by atoms with Crippen LogP contribution >= 0.6 is 11.6 Å². The quantitative estimate of drug-likeness (QED) is 0.461. The van der Waals surface area contributed by atoms with Gasteiger partial charge in [-0.05, 0) is 18.2 Å². The lowest BCUT2D eigenvalue weighted by atomic mass is 10.2. The number of amidine groups is 1. The van der Waals surface area contributed by atoms with Crippen molar-refractivity contribution in [3.63, 3.8) is 0 Å². The summed E-state index contributed by atoms with van der Waals surface area (Å²) in [5, 5.41) is 0. The van der Waals surface area contributed by atoms with E-state index in [0.29, 0.717) is 5.69 Å². The van der Waals surface area contributed by atoms with Gasteiger partial charge in [0.05, 0.1) is 17.1 Å². The molecule has 0 saturated carbocycles. The second-order valence-electron chi connectivity index (χ2n) is 3.35. The van der Waals surface area contributed by atoms with E-state index < -0.39 is 15.9 Å². The van der Waals surface area contributed by atoms with Crippen molar-refractivity contribution in [2.75, 3.05) is 5.88 Å². The van der Waals surface area contributed by atoms with Crippen molar-refractivity contribution < 1.29 is 13.2 Å². The molecule has 6 nitrogen and oxygen atoms in total. The number of rotatable bonds is 2. The zero-order valence-electron chi connectivity index (χ0n) is 8.47. The van der Waals surface area contributed by atoms with Gasteiger partial charge in [-0.3, -0.25) is 4.79 Å². The highest BCUT2D eigenvalue weighted by atomic mass is 35.5. The van der Waals surface area contributed by atoms with Crippen LogP contribution in [-0.2, 0) is 10.0 Å². The zero-order chi connectivity index (χ0) is 12.6. The lowest BCUT2D eigenvalue weighted by Crippen LogP contribution is -2.20. The van der Waals surface area contributed by atoms with Crippen molar-refractivity contribution in [2.24, 2.45) is 10.7 Å². The van der Waals surface area contributed by atoms with Crippen LogP contribution in [0.1, 0.15) is 10.4 Å². The van der Waals surface area contributed by atoms with Gasteiger partial charge in [-0.25, -0.2) is 18.1 Å². The third kappa shape index (κ3) is 2.11. The summed E-state index contributed by atoms with van der Waals surface area (Å²) < 4.78 is 24.8. The Kier molecular flexibility index (Phi) is 2.80. The van der Waals surface area contributed by atoms with E-state index in [1.165, 1.54) is 18.2 Å². The molecular formula is C9H8ClN3O3S. The van der Waals surface area contributed by atoms with E-state index in [-0.39, 0.29) is 22.2 Å². The summed E-state index contributed by atoms with van der Waals surface area (Å²) in [7, 11) is -3.71. The van der Waals surface area contributed by atoms with Crippen LogP contribution in [0.25, 0.3) is 0 Å². The average Bonchev–Trinajstić information content (AvgIpc) is 2.49. The smallest absolute Gasteiger partial charge is 0.266 e. The highest BCUT2D eigenvalue weighted by molar-refractivity contribution is 7.90. The van der Waals surface area contributed by atoms with E-state index in [0.717, 1.165) is 0 Å². The Balaban J connectivity index is 2.54. The van der Waals surface area contributed by atoms with E-state index in [1.54, 1.807) is 0 Å². The molecule has 0 atom stereocenters. The fourth-order valence-corrected chi connectivity index (χ4v) is 2.64. The predicted octanol–water partition coefficient (Wildman–Crippen LogP) is 0.346. The highest BCUT2D eigenvalue weighted by Crippen LogP contribution is 2.26. The molecule has 1 amide bonds. The molecule has 0 spiro atoms. The Morgan fingerprint density at radius 3 is 2.82 bits per heavy atom. The van der Waals surface area contributed by atoms with Gasteiger partial charge in [0, 0.05) is 0 Å². The molecule has 1 aliphatic rings. The van der Waals surface area contributed by atoms with Crippen LogP contribution in [0.15, 0.2) is 28.1 Å². The number of alkyl halides is 1. The number of carbonyl (C=O) groups is 1. The van der Waals surface area contributed by atoms with Gasteiger partial charge in [-0.15, -0.1) is 11.6 Å². The Labute approximate surface area is 103 Å². The van der Waals surface area contributed by atoms with Crippen molar-refractivity contribution in [2.45, 2.75) is 4.90 Å². The van der Waals surface area contributed by atoms with Crippen LogP contribution in [0, 0.1) is 0 Å². The molecular weight excluding hydrogens is 266 g/mol. The van der Waals surface area contributed by atoms with E-state index in [1.807, 2.05) is 4.72 Å². The number of halogens is 1. The van der Waals surface area contributed by atoms with Gasteiger partial charge < -0.3 is 5.73 Å². The second-order valence-corrected chi connectivity index (χ2v) is 5.27. The molecule has 0 bridgehead atoms. The molecule has 17 heavy (non-hydrogen) atoms. The van der Waals surface area contributed by atoms with Gasteiger partial charge in [-0.2, -0.15) is 0 Å². The Bertz CT molecular complexity index is 624. The molecule has 1 heterocycles. The molecule has 1 aliphatic heterocycles. The van der Waals surface area contributed by atoms with Crippen molar-refractivity contribution in [1.29, 1.82) is 0 Å². The summed E-state index contributed by atoms with van der Waals surface area (Å²) in [5.74, 6) is -0.420. The molecule has 1 aromatic carbocycles. The molecule has 1 aromatic rings. The zero-order valence-corrected chi connectivity index (χ0v) is 10.0. The van der Waals surface area contributed by atoms with E-state index in [2.05, 4.69) is 4.99 Å². The SMILES string of the molecule is NC(CCl)=Nc1ccc2c(c1)C(=O)NS2(=O)=O. The minimum absolute atomic E-state index is 0.0501. The van der Waals surface area contributed by atoms with E-state index >= 15 is 0 Å². The lowest BCUT2D eigenvalue weighted by Gasteiger charge is -1.98. The molecule has 3 N–H and O–H groups in total. The first-order valence-corrected chi connectivity index (χ1v) is 6.56. The number of benzene rings is 1. The Morgan fingerprint density at radius 1 is 1.47 bits per heavy atom. The minimum atomic E-state index is -3.71. The van der Waals surface area contributed by atoms with Gasteiger partial charge in [0.25, 0.3) is 15.9 Å². The number of sulfonamides is 1. The summed E-state index contributed by atoms with van der Waals surface area (Å²) in [4.78, 5) is 15.3. The lowest BCUT2D eigenvalue weighted by molar-refractivity contribution is 0.0985. The number of nitrogens with two attached hydrogens (primary N) is 1. The summed E-state index contributed by atoms with van der Waals surface area (Å²) in [6.07, 6.45) is 0. The van der Waals surface area contributed by atoms with Crippen LogP contribution in [0.2, 0.25) is 0 Å². The number of fused-ring (bicyclic) bond motifs is 1. The van der Waals surface area contributed by atoms with Crippen molar-refractivity contribution in [3.8, 4) is 0 Å². The summed E-state index contributed by atoms with van der Waals surface area (Å²) >= 11 is 5.46. The number of amides is 1. The van der Waals surface area contributed by atoms with E-state index in [9.17, 15) is 13.2 Å². The fourth-order valence-electron chi connectivity index (χ4n) is 1.43. The number of nitrogens with zero attached hydrogens (tertiary/aromatic N) is 1. The maximum Gasteiger partial charge on any atom is 0.266 e. The van der Waals surface area contributed by atoms with Crippen molar-refractivity contribution in [3.05, 3.63) is 23.8 Å². The molecule has 2 rings (SSSR count). The standard InChI is InChI=1S/C9H8ClN3O3S/c10-4-8(11)12-5-1-2-7-6(3-5)9(14)13-17(7,15)16/h1-3H,4H2,(H2,11,12)(H,13,14). The fraction of sp³-hybridized carbons (Fsp3) is 0.111. The molecule has 0 aliphatic carbocycles. The van der Waals surface area contributed by atoms with Gasteiger partial charge >= 0.3 is 0 Å². The number of aliphatic imine (C=N–C) groups is 1. The van der Waals surface area contributed by atoms with Crippen molar-refractivity contribution in [1.82, 2.24) is 4.72 Å². The summed E-state index contributed by atoms with van der Waals surface area (Å²) in [6.45, 7) is 0. The first-order valence-electron chi connectivity index (χ1n) is 4.54. The number of hydrogen-bond acceptors (Lipinski definition) is 4.